The quantitative estimate of drug-likeness (QED) is 0.0955. The van der Waals surface area contributed by atoms with Gasteiger partial charge in [0.2, 0.25) is 0 Å². The van der Waals surface area contributed by atoms with Crippen LogP contribution in [0, 0.1) is 0 Å². The van der Waals surface area contributed by atoms with Crippen molar-refractivity contribution in [2.24, 2.45) is 0 Å². The molecule has 0 spiro atoms. The van der Waals surface area contributed by atoms with Crippen LogP contribution in [0.4, 0.5) is 34.1 Å². The molecule has 1 aromatic heterocycles. The molecule has 3 nitrogen and oxygen atoms in total. The molecule has 0 aliphatic rings. The Morgan fingerprint density at radius 2 is 0.505 bits per heavy atom. The molecule has 0 atom stereocenters. The third-order valence-electron chi connectivity index (χ3n) is 22.2. The molecule has 0 aliphatic carbocycles. The molecule has 20 aromatic rings. The van der Waals surface area contributed by atoms with Gasteiger partial charge in [0, 0.05) is 50.1 Å². The molecule has 3 heteroatoms. The Kier molecular flexibility index (Phi) is 17.0. The van der Waals surface area contributed by atoms with E-state index < -0.39 is 0 Å². The summed E-state index contributed by atoms with van der Waals surface area (Å²) in [4.78, 5) is 4.99. The second-order valence-corrected chi connectivity index (χ2v) is 28.7. The molecule has 1 heterocycles. The third kappa shape index (κ3) is 12.4. The van der Waals surface area contributed by atoms with Crippen LogP contribution in [0.2, 0.25) is 0 Å². The molecule has 0 saturated heterocycles. The Morgan fingerprint density at radius 1 is 0.153 bits per heavy atom. The molecule has 0 N–H and O–H groups in total. The van der Waals surface area contributed by atoms with Crippen LogP contribution in [-0.4, -0.2) is 4.57 Å². The fourth-order valence-corrected chi connectivity index (χ4v) is 16.8. The van der Waals surface area contributed by atoms with Gasteiger partial charge in [0.1, 0.15) is 0 Å². The molecule has 0 fully saturated rings. The highest BCUT2D eigenvalue weighted by Gasteiger charge is 2.26. The van der Waals surface area contributed by atoms with Gasteiger partial charge in [-0.05, 0) is 213 Å². The van der Waals surface area contributed by atoms with Crippen LogP contribution in [0.5, 0.6) is 0 Å². The summed E-state index contributed by atoms with van der Waals surface area (Å²) in [5, 5.41) is 9.69. The number of anilines is 6. The first-order valence-electron chi connectivity index (χ1n) is 38.2. The lowest BCUT2D eigenvalue weighted by Crippen LogP contribution is -2.13. The molecule has 0 amide bonds. The minimum atomic E-state index is 1.03. The normalized spacial score (nSPS) is 11.4. The van der Waals surface area contributed by atoms with Gasteiger partial charge in [-0.1, -0.05) is 340 Å². The van der Waals surface area contributed by atoms with E-state index in [9.17, 15) is 0 Å². The highest BCUT2D eigenvalue weighted by Crippen LogP contribution is 2.51. The van der Waals surface area contributed by atoms with Crippen molar-refractivity contribution in [2.75, 3.05) is 9.80 Å². The van der Waals surface area contributed by atoms with E-state index >= 15 is 0 Å². The molecule has 111 heavy (non-hydrogen) atoms. The van der Waals surface area contributed by atoms with Gasteiger partial charge in [0.15, 0.2) is 0 Å². The maximum Gasteiger partial charge on any atom is 0.0546 e. The highest BCUT2D eigenvalue weighted by molar-refractivity contribution is 6.10. The lowest BCUT2D eigenvalue weighted by atomic mass is 9.89. The first kappa shape index (κ1) is 65.8. The van der Waals surface area contributed by atoms with Crippen LogP contribution in [0.3, 0.4) is 0 Å². The number of aromatic nitrogens is 1. The van der Waals surface area contributed by atoms with E-state index in [0.29, 0.717) is 0 Å². The van der Waals surface area contributed by atoms with Gasteiger partial charge in [0.25, 0.3) is 0 Å². The van der Waals surface area contributed by atoms with Gasteiger partial charge in [-0.25, -0.2) is 0 Å². The zero-order chi connectivity index (χ0) is 73.6. The summed E-state index contributed by atoms with van der Waals surface area (Å²) in [6.45, 7) is 0. The van der Waals surface area contributed by atoms with Crippen molar-refractivity contribution in [3.63, 3.8) is 0 Å². The van der Waals surface area contributed by atoms with Crippen LogP contribution < -0.4 is 9.80 Å². The molecular formula is C108H73N3. The van der Waals surface area contributed by atoms with Gasteiger partial charge in [0.05, 0.1) is 33.8 Å². The lowest BCUT2D eigenvalue weighted by Gasteiger charge is -2.31. The van der Waals surface area contributed by atoms with E-state index in [-0.39, 0.29) is 0 Å². The summed E-state index contributed by atoms with van der Waals surface area (Å²) in [5.41, 5.74) is 30.2. The van der Waals surface area contributed by atoms with E-state index in [2.05, 4.69) is 457 Å². The molecule has 20 rings (SSSR count). The van der Waals surface area contributed by atoms with Gasteiger partial charge in [-0.3, -0.25) is 0 Å². The van der Waals surface area contributed by atoms with Crippen LogP contribution in [0.15, 0.2) is 443 Å². The van der Waals surface area contributed by atoms with E-state index in [4.69, 9.17) is 0 Å². The highest BCUT2D eigenvalue weighted by atomic mass is 15.2. The largest absolute Gasteiger partial charge is 0.309 e. The molecule has 0 saturated carbocycles. The number of benzene rings is 19. The smallest absolute Gasteiger partial charge is 0.0546 e. The van der Waals surface area contributed by atoms with Crippen molar-refractivity contribution in [1.29, 1.82) is 0 Å². The second-order valence-electron chi connectivity index (χ2n) is 28.7. The van der Waals surface area contributed by atoms with E-state index in [1.807, 2.05) is 0 Å². The van der Waals surface area contributed by atoms with Crippen LogP contribution >= 0.6 is 0 Å². The first-order valence-corrected chi connectivity index (χ1v) is 38.2. The van der Waals surface area contributed by atoms with Crippen molar-refractivity contribution >= 4 is 88.2 Å². The van der Waals surface area contributed by atoms with Gasteiger partial charge < -0.3 is 14.4 Å². The Bertz CT molecular complexity index is 6820. The molecule has 19 aromatic carbocycles. The average Bonchev–Trinajstić information content (AvgIpc) is 1.70. The monoisotopic (exact) mass is 1410 g/mol. The predicted molar refractivity (Wildman–Crippen MR) is 472 cm³/mol. The second kappa shape index (κ2) is 28.6. The third-order valence-corrected chi connectivity index (χ3v) is 22.2. The maximum atomic E-state index is 2.50. The fourth-order valence-electron chi connectivity index (χ4n) is 16.8. The zero-order valence-corrected chi connectivity index (χ0v) is 61.0. The Balaban J connectivity index is 0.750. The Labute approximate surface area is 647 Å². The van der Waals surface area contributed by atoms with Crippen LogP contribution in [-0.2, 0) is 0 Å². The van der Waals surface area contributed by atoms with Crippen LogP contribution in [0.25, 0.3) is 160 Å². The summed E-state index contributed by atoms with van der Waals surface area (Å²) < 4.78 is 2.40. The molecule has 0 unspecified atom stereocenters. The number of rotatable bonds is 16. The number of fused-ring (bicyclic) bond motifs is 6. The number of nitrogens with zero attached hydrogens (tertiary/aromatic N) is 3. The molecular weight excluding hydrogens is 1340 g/mol. The molecule has 0 radical (unpaired) electrons. The molecule has 0 bridgehead atoms. The summed E-state index contributed by atoms with van der Waals surface area (Å²) in [6.07, 6.45) is 0. The number of hydrogen-bond donors (Lipinski definition) is 0. The number of para-hydroxylation sites is 4. The topological polar surface area (TPSA) is 11.4 Å². The standard InChI is InChI=1S/C108H73N3/c1-4-28-77(29-5-1)96-44-16-20-49-103(96)110(90-59-55-75(56-60-90)81-38-24-39-86(68-81)94-48-26-37-76-34-12-14-42-93(76)94)107-73-84(58-65-98(107)79-32-8-3-9-33-79)89-70-85-36-13-15-43-95(85)102(71-89)88-41-25-40-87(69-88)99-66-57-83(82-54-53-74-27-10-11-35-80(74)67-82)72-108(99)111(104-50-21-17-45-97(104)78-30-6-2-7-31-78)92-63-61-91(62-64-92)109-105-51-22-18-46-100(105)101-47-19-23-52-106(101)109/h1-73H. The first-order chi connectivity index (χ1) is 55.0. The zero-order valence-electron chi connectivity index (χ0n) is 61.0. The van der Waals surface area contributed by atoms with E-state index in [1.165, 1.54) is 59.9 Å². The molecule has 0 aliphatic heterocycles. The molecule has 520 valence electrons. The van der Waals surface area contributed by atoms with Crippen molar-refractivity contribution in [2.45, 2.75) is 0 Å². The Morgan fingerprint density at radius 3 is 1.10 bits per heavy atom. The summed E-state index contributed by atoms with van der Waals surface area (Å²) in [7, 11) is 0. The number of hydrogen-bond acceptors (Lipinski definition) is 2. The summed E-state index contributed by atoms with van der Waals surface area (Å²) >= 11 is 0. The maximum absolute atomic E-state index is 2.50. The summed E-state index contributed by atoms with van der Waals surface area (Å²) in [5.74, 6) is 0. The van der Waals surface area contributed by atoms with E-state index in [1.54, 1.807) is 0 Å². The average molecular weight is 1410 g/mol. The minimum absolute atomic E-state index is 1.03. The van der Waals surface area contributed by atoms with Crippen molar-refractivity contribution < 1.29 is 0 Å². The van der Waals surface area contributed by atoms with E-state index in [0.717, 1.165) is 134 Å². The Hall–Kier alpha value is -14.6. The van der Waals surface area contributed by atoms with Crippen molar-refractivity contribution in [3.8, 4) is 106 Å². The predicted octanol–water partition coefficient (Wildman–Crippen LogP) is 30.2. The lowest BCUT2D eigenvalue weighted by molar-refractivity contribution is 1.17. The van der Waals surface area contributed by atoms with Crippen LogP contribution in [0.1, 0.15) is 0 Å². The summed E-state index contributed by atoms with van der Waals surface area (Å²) in [6, 6.07) is 163. The van der Waals surface area contributed by atoms with Gasteiger partial charge >= 0.3 is 0 Å². The van der Waals surface area contributed by atoms with Gasteiger partial charge in [-0.2, -0.15) is 0 Å². The fraction of sp³-hybridized carbons (Fsp3) is 0. The van der Waals surface area contributed by atoms with Gasteiger partial charge in [-0.15, -0.1) is 0 Å². The SMILES string of the molecule is c1ccc(-c2ccccc2N(c2ccc(-c3cccc(-c4cccc5ccccc45)c3)cc2)c2cc(-c3cc(-c4cccc(-c5ccc(-c6ccc7ccccc7c6)cc5N(c5ccc(-n6c7ccccc7c7ccccc76)cc5)c5ccccc5-c5ccccc5)c4)c4ccccc4c3)ccc2-c2ccccc2)cc1. The van der Waals surface area contributed by atoms with Crippen molar-refractivity contribution in [3.05, 3.63) is 443 Å². The minimum Gasteiger partial charge on any atom is -0.309 e. The van der Waals surface area contributed by atoms with Crippen molar-refractivity contribution in [1.82, 2.24) is 4.57 Å².